The molecular formula is C19H20Cl2N2O. The van der Waals surface area contributed by atoms with Crippen LogP contribution in [0.5, 0.6) is 0 Å². The Bertz CT molecular complexity index is 713. The Kier molecular flexibility index (Phi) is 5.44. The van der Waals surface area contributed by atoms with Gasteiger partial charge in [0.2, 0.25) is 0 Å². The monoisotopic (exact) mass is 362 g/mol. The van der Waals surface area contributed by atoms with E-state index in [-0.39, 0.29) is 5.91 Å². The lowest BCUT2D eigenvalue weighted by molar-refractivity contribution is 0.0582. The maximum absolute atomic E-state index is 12.6. The molecule has 1 atom stereocenters. The van der Waals surface area contributed by atoms with Gasteiger partial charge in [-0.2, -0.15) is 0 Å². The maximum atomic E-state index is 12.6. The van der Waals surface area contributed by atoms with E-state index in [9.17, 15) is 4.79 Å². The second-order valence-corrected chi connectivity index (χ2v) is 6.86. The number of carbonyl (C=O) groups excluding carboxylic acids is 1. The number of hydrogen-bond acceptors (Lipinski definition) is 2. The molecule has 1 saturated heterocycles. The third kappa shape index (κ3) is 3.75. The fourth-order valence-electron chi connectivity index (χ4n) is 3.07. The summed E-state index contributed by atoms with van der Waals surface area (Å²) in [5, 5.41) is 0.883. The summed E-state index contributed by atoms with van der Waals surface area (Å²) in [4.78, 5) is 16.9. The molecule has 126 valence electrons. The van der Waals surface area contributed by atoms with Crippen molar-refractivity contribution in [3.8, 4) is 0 Å². The van der Waals surface area contributed by atoms with Crippen molar-refractivity contribution in [2.75, 3.05) is 26.2 Å². The van der Waals surface area contributed by atoms with Gasteiger partial charge in [0.1, 0.15) is 0 Å². The molecule has 3 rings (SSSR count). The molecule has 24 heavy (non-hydrogen) atoms. The molecule has 0 aromatic heterocycles. The zero-order valence-corrected chi connectivity index (χ0v) is 15.1. The van der Waals surface area contributed by atoms with Gasteiger partial charge in [-0.25, -0.2) is 0 Å². The van der Waals surface area contributed by atoms with Crippen molar-refractivity contribution in [3.05, 3.63) is 69.7 Å². The molecule has 1 amide bonds. The van der Waals surface area contributed by atoms with Gasteiger partial charge in [-0.1, -0.05) is 53.5 Å². The van der Waals surface area contributed by atoms with Crippen LogP contribution in [0.15, 0.2) is 48.5 Å². The predicted molar refractivity (Wildman–Crippen MR) is 98.8 cm³/mol. The summed E-state index contributed by atoms with van der Waals surface area (Å²) in [6, 6.07) is 15.9. The maximum Gasteiger partial charge on any atom is 0.253 e. The number of carbonyl (C=O) groups is 1. The molecule has 2 aromatic carbocycles. The lowest BCUT2D eigenvalue weighted by Crippen LogP contribution is -2.49. The molecule has 1 aliphatic rings. The first-order chi connectivity index (χ1) is 11.6. The smallest absolute Gasteiger partial charge is 0.253 e. The zero-order valence-electron chi connectivity index (χ0n) is 13.6. The van der Waals surface area contributed by atoms with Gasteiger partial charge in [0.15, 0.2) is 0 Å². The van der Waals surface area contributed by atoms with Crippen LogP contribution in [-0.4, -0.2) is 41.9 Å². The molecule has 0 aliphatic carbocycles. The predicted octanol–water partition coefficient (Wildman–Crippen LogP) is 4.51. The molecule has 0 saturated carbocycles. The average molecular weight is 363 g/mol. The normalized spacial score (nSPS) is 16.9. The van der Waals surface area contributed by atoms with Crippen LogP contribution in [0.2, 0.25) is 10.0 Å². The summed E-state index contributed by atoms with van der Waals surface area (Å²) < 4.78 is 0. The average Bonchev–Trinajstić information content (AvgIpc) is 2.63. The van der Waals surface area contributed by atoms with Crippen LogP contribution in [0.25, 0.3) is 0 Å². The molecule has 2 aromatic rings. The van der Waals surface area contributed by atoms with Crippen molar-refractivity contribution in [1.29, 1.82) is 0 Å². The van der Waals surface area contributed by atoms with Crippen molar-refractivity contribution < 1.29 is 4.79 Å². The van der Waals surface area contributed by atoms with Crippen molar-refractivity contribution in [1.82, 2.24) is 9.80 Å². The van der Waals surface area contributed by atoms with Gasteiger partial charge < -0.3 is 4.90 Å². The Balaban J connectivity index is 1.62. The highest BCUT2D eigenvalue weighted by Gasteiger charge is 2.25. The number of halogens is 2. The minimum atomic E-state index is 0.0144. The lowest BCUT2D eigenvalue weighted by atomic mass is 10.1. The van der Waals surface area contributed by atoms with Crippen LogP contribution in [0.1, 0.15) is 28.9 Å². The first-order valence-corrected chi connectivity index (χ1v) is 8.85. The van der Waals surface area contributed by atoms with Crippen LogP contribution in [-0.2, 0) is 0 Å². The Labute approximate surface area is 152 Å². The molecule has 1 unspecified atom stereocenters. The van der Waals surface area contributed by atoms with E-state index in [4.69, 9.17) is 23.2 Å². The van der Waals surface area contributed by atoms with Crippen LogP contribution < -0.4 is 0 Å². The zero-order chi connectivity index (χ0) is 17.1. The van der Waals surface area contributed by atoms with E-state index in [0.717, 1.165) is 26.2 Å². The summed E-state index contributed by atoms with van der Waals surface area (Å²) in [6.07, 6.45) is 0. The van der Waals surface area contributed by atoms with Crippen LogP contribution >= 0.6 is 23.2 Å². The summed E-state index contributed by atoms with van der Waals surface area (Å²) in [5.74, 6) is 0.0144. The molecule has 1 fully saturated rings. The SMILES string of the molecule is CC(c1ccccc1)N1CCN(C(=O)c2ccc(Cl)c(Cl)c2)CC1. The van der Waals surface area contributed by atoms with Crippen LogP contribution in [0, 0.1) is 0 Å². The summed E-state index contributed by atoms with van der Waals surface area (Å²) in [7, 11) is 0. The first-order valence-electron chi connectivity index (χ1n) is 8.09. The van der Waals surface area contributed by atoms with E-state index < -0.39 is 0 Å². The number of nitrogens with zero attached hydrogens (tertiary/aromatic N) is 2. The van der Waals surface area contributed by atoms with E-state index in [1.54, 1.807) is 18.2 Å². The Morgan fingerprint density at radius 1 is 0.958 bits per heavy atom. The third-order valence-corrected chi connectivity index (χ3v) is 5.34. The molecular weight excluding hydrogens is 343 g/mol. The van der Waals surface area contributed by atoms with E-state index in [0.29, 0.717) is 21.7 Å². The fraction of sp³-hybridized carbons (Fsp3) is 0.316. The molecule has 5 heteroatoms. The van der Waals surface area contributed by atoms with Crippen molar-refractivity contribution in [2.45, 2.75) is 13.0 Å². The highest BCUT2D eigenvalue weighted by atomic mass is 35.5. The van der Waals surface area contributed by atoms with Crippen LogP contribution in [0.4, 0.5) is 0 Å². The third-order valence-electron chi connectivity index (χ3n) is 4.60. The second-order valence-electron chi connectivity index (χ2n) is 6.04. The highest BCUT2D eigenvalue weighted by molar-refractivity contribution is 6.42. The Morgan fingerprint density at radius 2 is 1.62 bits per heavy atom. The molecule has 0 bridgehead atoms. The standard InChI is InChI=1S/C19H20Cl2N2O/c1-14(15-5-3-2-4-6-15)22-9-11-23(12-10-22)19(24)16-7-8-17(20)18(21)13-16/h2-8,13-14H,9-12H2,1H3. The Hall–Kier alpha value is -1.55. The number of benzene rings is 2. The number of piperazine rings is 1. The number of rotatable bonds is 3. The molecule has 0 spiro atoms. The lowest BCUT2D eigenvalue weighted by Gasteiger charge is -2.38. The van der Waals surface area contributed by atoms with E-state index in [1.807, 2.05) is 11.0 Å². The molecule has 0 N–H and O–H groups in total. The van der Waals surface area contributed by atoms with E-state index in [2.05, 4.69) is 36.1 Å². The van der Waals surface area contributed by atoms with Gasteiger partial charge in [0.05, 0.1) is 10.0 Å². The van der Waals surface area contributed by atoms with E-state index >= 15 is 0 Å². The Morgan fingerprint density at radius 3 is 2.25 bits per heavy atom. The highest BCUT2D eigenvalue weighted by Crippen LogP contribution is 2.25. The number of hydrogen-bond donors (Lipinski definition) is 0. The van der Waals surface area contributed by atoms with Crippen molar-refractivity contribution >= 4 is 29.1 Å². The summed E-state index contributed by atoms with van der Waals surface area (Å²) in [5.41, 5.74) is 1.90. The topological polar surface area (TPSA) is 23.6 Å². The van der Waals surface area contributed by atoms with Crippen molar-refractivity contribution in [3.63, 3.8) is 0 Å². The van der Waals surface area contributed by atoms with Gasteiger partial charge >= 0.3 is 0 Å². The van der Waals surface area contributed by atoms with Gasteiger partial charge in [-0.3, -0.25) is 9.69 Å². The molecule has 1 aliphatic heterocycles. The quantitative estimate of drug-likeness (QED) is 0.801. The van der Waals surface area contributed by atoms with Gasteiger partial charge in [-0.15, -0.1) is 0 Å². The van der Waals surface area contributed by atoms with Gasteiger partial charge in [0, 0.05) is 37.8 Å². The number of amides is 1. The fourth-order valence-corrected chi connectivity index (χ4v) is 3.36. The van der Waals surface area contributed by atoms with Crippen molar-refractivity contribution in [2.24, 2.45) is 0 Å². The van der Waals surface area contributed by atoms with Gasteiger partial charge in [0.25, 0.3) is 5.91 Å². The minimum absolute atomic E-state index is 0.0144. The molecule has 3 nitrogen and oxygen atoms in total. The summed E-state index contributed by atoms with van der Waals surface area (Å²) >= 11 is 11.9. The summed E-state index contributed by atoms with van der Waals surface area (Å²) in [6.45, 7) is 5.38. The second kappa shape index (κ2) is 7.56. The molecule has 1 heterocycles. The van der Waals surface area contributed by atoms with Crippen LogP contribution in [0.3, 0.4) is 0 Å². The van der Waals surface area contributed by atoms with E-state index in [1.165, 1.54) is 5.56 Å². The largest absolute Gasteiger partial charge is 0.336 e. The minimum Gasteiger partial charge on any atom is -0.336 e. The first kappa shape index (κ1) is 17.3. The van der Waals surface area contributed by atoms with Gasteiger partial charge in [-0.05, 0) is 30.7 Å². The molecule has 0 radical (unpaired) electrons.